The van der Waals surface area contributed by atoms with Crippen LogP contribution in [0.15, 0.2) is 10.5 Å². The predicted molar refractivity (Wildman–Crippen MR) is 52.3 cm³/mol. The van der Waals surface area contributed by atoms with E-state index in [1.54, 1.807) is 24.8 Å². The summed E-state index contributed by atoms with van der Waals surface area (Å²) in [6.45, 7) is 1.74. The first-order valence-electron chi connectivity index (χ1n) is 3.78. The molecule has 0 atom stereocenters. The van der Waals surface area contributed by atoms with Crippen LogP contribution < -0.4 is 11.3 Å². The zero-order valence-corrected chi connectivity index (χ0v) is 8.40. The Morgan fingerprint density at radius 1 is 1.77 bits per heavy atom. The lowest BCUT2D eigenvalue weighted by molar-refractivity contribution is 0.0952. The molecule has 0 saturated carbocycles. The van der Waals surface area contributed by atoms with Crippen molar-refractivity contribution in [2.24, 2.45) is 5.84 Å². The van der Waals surface area contributed by atoms with Crippen LogP contribution in [0.3, 0.4) is 0 Å². The van der Waals surface area contributed by atoms with Crippen LogP contribution in [0.2, 0.25) is 0 Å². The summed E-state index contributed by atoms with van der Waals surface area (Å²) in [4.78, 5) is 11.1. The van der Waals surface area contributed by atoms with Crippen LogP contribution in [0.25, 0.3) is 0 Å². The van der Waals surface area contributed by atoms with Gasteiger partial charge in [0.2, 0.25) is 0 Å². The first-order valence-corrected chi connectivity index (χ1v) is 5.17. The van der Waals surface area contributed by atoms with Crippen molar-refractivity contribution in [3.05, 3.63) is 23.2 Å². The Kier molecular flexibility index (Phi) is 3.39. The van der Waals surface area contributed by atoms with Crippen molar-refractivity contribution in [3.63, 3.8) is 0 Å². The highest BCUT2D eigenvalue weighted by Gasteiger charge is 2.12. The van der Waals surface area contributed by atoms with Crippen LogP contribution in [0.5, 0.6) is 0 Å². The number of nitrogens with one attached hydrogen (secondary N) is 1. The molecule has 0 spiro atoms. The first-order chi connectivity index (χ1) is 6.19. The standard InChI is InChI=1S/C8H12N2O2S/c1-5-7(8(11)10-9)3-6(12-5)4-13-2/h3H,4,9H2,1-2H3,(H,10,11). The molecule has 0 fully saturated rings. The molecule has 1 heterocycles. The number of hydrazine groups is 1. The zero-order chi connectivity index (χ0) is 9.84. The van der Waals surface area contributed by atoms with Gasteiger partial charge in [-0.1, -0.05) is 0 Å². The van der Waals surface area contributed by atoms with E-state index in [1.165, 1.54) is 0 Å². The second-order valence-electron chi connectivity index (χ2n) is 2.59. The van der Waals surface area contributed by atoms with Gasteiger partial charge in [-0.25, -0.2) is 5.84 Å². The molecular weight excluding hydrogens is 188 g/mol. The number of hydrogen-bond donors (Lipinski definition) is 2. The van der Waals surface area contributed by atoms with E-state index in [2.05, 4.69) is 5.43 Å². The highest BCUT2D eigenvalue weighted by Crippen LogP contribution is 2.17. The van der Waals surface area contributed by atoms with Crippen LogP contribution in [-0.4, -0.2) is 12.2 Å². The normalized spacial score (nSPS) is 10.1. The minimum absolute atomic E-state index is 0.311. The number of rotatable bonds is 3. The number of aryl methyl sites for hydroxylation is 1. The van der Waals surface area contributed by atoms with Crippen LogP contribution in [0, 0.1) is 6.92 Å². The molecule has 1 rings (SSSR count). The SMILES string of the molecule is CSCc1cc(C(=O)NN)c(C)o1. The van der Waals surface area contributed by atoms with Gasteiger partial charge in [0.05, 0.1) is 11.3 Å². The van der Waals surface area contributed by atoms with Gasteiger partial charge in [0.25, 0.3) is 5.91 Å². The third kappa shape index (κ3) is 2.26. The van der Waals surface area contributed by atoms with E-state index in [0.29, 0.717) is 11.3 Å². The van der Waals surface area contributed by atoms with Gasteiger partial charge in [-0.15, -0.1) is 0 Å². The molecule has 1 aromatic heterocycles. The lowest BCUT2D eigenvalue weighted by Crippen LogP contribution is -2.30. The second-order valence-corrected chi connectivity index (χ2v) is 3.46. The molecule has 0 saturated heterocycles. The maximum atomic E-state index is 11.1. The van der Waals surface area contributed by atoms with Gasteiger partial charge < -0.3 is 4.42 Å². The van der Waals surface area contributed by atoms with E-state index in [1.807, 2.05) is 6.26 Å². The predicted octanol–water partition coefficient (Wildman–Crippen LogP) is 1.05. The van der Waals surface area contributed by atoms with Crippen molar-refractivity contribution >= 4 is 17.7 Å². The maximum Gasteiger partial charge on any atom is 0.268 e. The van der Waals surface area contributed by atoms with Crippen molar-refractivity contribution in [2.45, 2.75) is 12.7 Å². The number of nitrogen functional groups attached to an aromatic ring is 1. The summed E-state index contributed by atoms with van der Waals surface area (Å²) in [6.07, 6.45) is 1.97. The minimum Gasteiger partial charge on any atom is -0.465 e. The number of furan rings is 1. The zero-order valence-electron chi connectivity index (χ0n) is 7.59. The summed E-state index contributed by atoms with van der Waals surface area (Å²) >= 11 is 1.64. The van der Waals surface area contributed by atoms with E-state index in [9.17, 15) is 4.79 Å². The quantitative estimate of drug-likeness (QED) is 0.435. The number of thioether (sulfide) groups is 1. The van der Waals surface area contributed by atoms with Crippen LogP contribution in [-0.2, 0) is 5.75 Å². The summed E-state index contributed by atoms with van der Waals surface area (Å²) in [6, 6.07) is 1.72. The van der Waals surface area contributed by atoms with Crippen molar-refractivity contribution in [1.82, 2.24) is 5.43 Å². The molecule has 1 aromatic rings. The summed E-state index contributed by atoms with van der Waals surface area (Å²) in [5.74, 6) is 6.86. The highest BCUT2D eigenvalue weighted by molar-refractivity contribution is 7.97. The molecule has 0 unspecified atom stereocenters. The van der Waals surface area contributed by atoms with Gasteiger partial charge in [0.15, 0.2) is 0 Å². The minimum atomic E-state index is -0.311. The second kappa shape index (κ2) is 4.34. The van der Waals surface area contributed by atoms with E-state index >= 15 is 0 Å². The Bertz CT molecular complexity index is 309. The van der Waals surface area contributed by atoms with Gasteiger partial charge in [-0.3, -0.25) is 10.2 Å². The van der Waals surface area contributed by atoms with E-state index < -0.39 is 0 Å². The van der Waals surface area contributed by atoms with Crippen molar-refractivity contribution in [3.8, 4) is 0 Å². The molecule has 0 aliphatic heterocycles. The topological polar surface area (TPSA) is 68.3 Å². The van der Waals surface area contributed by atoms with E-state index in [-0.39, 0.29) is 5.91 Å². The third-order valence-corrected chi connectivity index (χ3v) is 2.20. The molecule has 1 amide bonds. The molecule has 0 radical (unpaired) electrons. The molecule has 0 aliphatic carbocycles. The van der Waals surface area contributed by atoms with E-state index in [0.717, 1.165) is 11.5 Å². The summed E-state index contributed by atoms with van der Waals surface area (Å²) < 4.78 is 5.34. The Labute approximate surface area is 80.8 Å². The fraction of sp³-hybridized carbons (Fsp3) is 0.375. The monoisotopic (exact) mass is 200 g/mol. The van der Waals surface area contributed by atoms with Gasteiger partial charge >= 0.3 is 0 Å². The number of amides is 1. The molecule has 13 heavy (non-hydrogen) atoms. The Hall–Kier alpha value is -0.940. The third-order valence-electron chi connectivity index (χ3n) is 1.63. The molecule has 4 nitrogen and oxygen atoms in total. The van der Waals surface area contributed by atoms with Gasteiger partial charge in [-0.2, -0.15) is 11.8 Å². The lowest BCUT2D eigenvalue weighted by Gasteiger charge is -1.93. The number of hydrogen-bond acceptors (Lipinski definition) is 4. The maximum absolute atomic E-state index is 11.1. The van der Waals surface area contributed by atoms with Crippen molar-refractivity contribution in [2.75, 3.05) is 6.26 Å². The van der Waals surface area contributed by atoms with Gasteiger partial charge in [0.1, 0.15) is 11.5 Å². The molecule has 3 N–H and O–H groups in total. The fourth-order valence-corrected chi connectivity index (χ4v) is 1.49. The number of carbonyl (C=O) groups excluding carboxylic acids is 1. The lowest BCUT2D eigenvalue weighted by atomic mass is 10.2. The summed E-state index contributed by atoms with van der Waals surface area (Å²) in [5.41, 5.74) is 2.58. The molecule has 0 aromatic carbocycles. The summed E-state index contributed by atoms with van der Waals surface area (Å²) in [5, 5.41) is 0. The van der Waals surface area contributed by atoms with Gasteiger partial charge in [-0.05, 0) is 19.2 Å². The Balaban J connectivity index is 2.89. The van der Waals surface area contributed by atoms with Gasteiger partial charge in [0, 0.05) is 0 Å². The van der Waals surface area contributed by atoms with Crippen molar-refractivity contribution < 1.29 is 9.21 Å². The average Bonchev–Trinajstić information content (AvgIpc) is 2.46. The molecule has 0 bridgehead atoms. The Morgan fingerprint density at radius 2 is 2.46 bits per heavy atom. The highest BCUT2D eigenvalue weighted by atomic mass is 32.2. The van der Waals surface area contributed by atoms with Crippen LogP contribution >= 0.6 is 11.8 Å². The molecule has 0 aliphatic rings. The van der Waals surface area contributed by atoms with E-state index in [4.69, 9.17) is 10.3 Å². The smallest absolute Gasteiger partial charge is 0.268 e. The first kappa shape index (κ1) is 10.1. The van der Waals surface area contributed by atoms with Crippen molar-refractivity contribution in [1.29, 1.82) is 0 Å². The van der Waals surface area contributed by atoms with Crippen LogP contribution in [0.1, 0.15) is 21.9 Å². The largest absolute Gasteiger partial charge is 0.465 e. The molecule has 5 heteroatoms. The summed E-state index contributed by atoms with van der Waals surface area (Å²) in [7, 11) is 0. The number of carbonyl (C=O) groups is 1. The molecule has 72 valence electrons. The fourth-order valence-electron chi connectivity index (χ4n) is 1.06. The Morgan fingerprint density at radius 3 is 3.00 bits per heavy atom. The molecular formula is C8H12N2O2S. The number of nitrogens with two attached hydrogens (primary N) is 1. The van der Waals surface area contributed by atoms with Crippen LogP contribution in [0.4, 0.5) is 0 Å². The average molecular weight is 200 g/mol.